The van der Waals surface area contributed by atoms with Gasteiger partial charge in [-0.05, 0) is 24.1 Å². The molecule has 0 aliphatic carbocycles. The molecule has 1 heterocycles. The Morgan fingerprint density at radius 1 is 1.00 bits per heavy atom. The Kier molecular flexibility index (Phi) is 9.62. The van der Waals surface area contributed by atoms with E-state index in [-0.39, 0.29) is 0 Å². The number of methoxy groups -OCH3 is 2. The summed E-state index contributed by atoms with van der Waals surface area (Å²) in [5.41, 5.74) is 1.03. The first-order valence-electron chi connectivity index (χ1n) is 10.00. The van der Waals surface area contributed by atoms with Crippen molar-refractivity contribution in [3.63, 3.8) is 0 Å². The summed E-state index contributed by atoms with van der Waals surface area (Å²) in [7, 11) is 4.96. The zero-order chi connectivity index (χ0) is 20.9. The largest absolute Gasteiger partial charge is 0.493 e. The van der Waals surface area contributed by atoms with Gasteiger partial charge in [-0.2, -0.15) is 0 Å². The molecule has 2 aromatic rings. The number of hydrogen-bond donors (Lipinski definition) is 2. The van der Waals surface area contributed by atoms with Gasteiger partial charge in [0.25, 0.3) is 0 Å². The molecular formula is C22H32N4O3. The molecule has 0 aliphatic rings. The maximum Gasteiger partial charge on any atom is 0.219 e. The van der Waals surface area contributed by atoms with Crippen LogP contribution in [0.25, 0.3) is 0 Å². The van der Waals surface area contributed by atoms with Crippen molar-refractivity contribution in [2.45, 2.75) is 39.2 Å². The van der Waals surface area contributed by atoms with E-state index in [0.29, 0.717) is 29.7 Å². The monoisotopic (exact) mass is 400 g/mol. The Labute approximate surface area is 173 Å². The Balaban J connectivity index is 1.89. The summed E-state index contributed by atoms with van der Waals surface area (Å²) in [4.78, 5) is 8.64. The van der Waals surface area contributed by atoms with Gasteiger partial charge in [-0.25, -0.2) is 4.98 Å². The van der Waals surface area contributed by atoms with Crippen LogP contribution >= 0.6 is 0 Å². The minimum Gasteiger partial charge on any atom is -0.493 e. The highest BCUT2D eigenvalue weighted by Gasteiger charge is 2.13. The van der Waals surface area contributed by atoms with Gasteiger partial charge in [-0.1, -0.05) is 38.3 Å². The number of pyridine rings is 1. The fourth-order valence-electron chi connectivity index (χ4n) is 2.76. The van der Waals surface area contributed by atoms with Crippen LogP contribution in [0.5, 0.6) is 23.1 Å². The summed E-state index contributed by atoms with van der Waals surface area (Å²) in [6, 6.07) is 9.26. The Morgan fingerprint density at radius 2 is 1.76 bits per heavy atom. The van der Waals surface area contributed by atoms with Crippen LogP contribution in [0, 0.1) is 0 Å². The molecule has 2 N–H and O–H groups in total. The van der Waals surface area contributed by atoms with E-state index in [9.17, 15) is 0 Å². The number of rotatable bonds is 11. The van der Waals surface area contributed by atoms with Crippen molar-refractivity contribution in [2.75, 3.05) is 27.8 Å². The smallest absolute Gasteiger partial charge is 0.219 e. The van der Waals surface area contributed by atoms with Gasteiger partial charge in [0.1, 0.15) is 0 Å². The van der Waals surface area contributed by atoms with Crippen molar-refractivity contribution in [2.24, 2.45) is 4.99 Å². The van der Waals surface area contributed by atoms with Crippen molar-refractivity contribution in [1.29, 1.82) is 0 Å². The summed E-state index contributed by atoms with van der Waals surface area (Å²) < 4.78 is 16.6. The van der Waals surface area contributed by atoms with Gasteiger partial charge in [0.05, 0.1) is 14.2 Å². The van der Waals surface area contributed by atoms with Crippen LogP contribution in [0.2, 0.25) is 0 Å². The molecule has 0 saturated heterocycles. The topological polar surface area (TPSA) is 77.0 Å². The second-order valence-electron chi connectivity index (χ2n) is 6.51. The number of nitrogens with one attached hydrogen (secondary N) is 2. The van der Waals surface area contributed by atoms with E-state index < -0.39 is 0 Å². The first-order valence-corrected chi connectivity index (χ1v) is 10.00. The molecule has 1 aromatic carbocycles. The van der Waals surface area contributed by atoms with Crippen LogP contribution in [0.4, 0.5) is 0 Å². The van der Waals surface area contributed by atoms with Crippen LogP contribution in [0.3, 0.4) is 0 Å². The van der Waals surface area contributed by atoms with Crippen LogP contribution < -0.4 is 24.8 Å². The maximum absolute atomic E-state index is 5.89. The lowest BCUT2D eigenvalue weighted by Crippen LogP contribution is -2.37. The fraction of sp³-hybridized carbons (Fsp3) is 0.455. The molecule has 7 nitrogen and oxygen atoms in total. The summed E-state index contributed by atoms with van der Waals surface area (Å²) in [6.07, 6.45) is 6.67. The number of para-hydroxylation sites is 1. The Morgan fingerprint density at radius 3 is 2.34 bits per heavy atom. The average Bonchev–Trinajstić information content (AvgIpc) is 2.76. The van der Waals surface area contributed by atoms with E-state index in [1.54, 1.807) is 27.5 Å². The molecule has 2 rings (SSSR count). The molecule has 1 aromatic heterocycles. The molecule has 0 unspecified atom stereocenters. The van der Waals surface area contributed by atoms with E-state index in [0.717, 1.165) is 24.5 Å². The quantitative estimate of drug-likeness (QED) is 0.335. The van der Waals surface area contributed by atoms with E-state index in [1.807, 2.05) is 30.3 Å². The number of guanidine groups is 1. The minimum atomic E-state index is 0.468. The first kappa shape index (κ1) is 22.3. The summed E-state index contributed by atoms with van der Waals surface area (Å²) in [5, 5.41) is 6.63. The van der Waals surface area contributed by atoms with Crippen LogP contribution in [0.15, 0.2) is 41.5 Å². The van der Waals surface area contributed by atoms with Gasteiger partial charge in [0, 0.05) is 32.4 Å². The van der Waals surface area contributed by atoms with Gasteiger partial charge >= 0.3 is 0 Å². The first-order chi connectivity index (χ1) is 14.2. The SMILES string of the molecule is CCCCCCNC(=NC)NCc1ccc(Oc2c(OC)cccc2OC)nc1. The minimum absolute atomic E-state index is 0.468. The van der Waals surface area contributed by atoms with Gasteiger partial charge in [-0.15, -0.1) is 0 Å². The second kappa shape index (κ2) is 12.5. The van der Waals surface area contributed by atoms with Crippen LogP contribution in [-0.4, -0.2) is 38.8 Å². The third-order valence-corrected chi connectivity index (χ3v) is 4.39. The molecule has 7 heteroatoms. The van der Waals surface area contributed by atoms with Crippen molar-refractivity contribution in [3.8, 4) is 23.1 Å². The Hall–Kier alpha value is -2.96. The number of hydrogen-bond acceptors (Lipinski definition) is 5. The van der Waals surface area contributed by atoms with E-state index >= 15 is 0 Å². The maximum atomic E-state index is 5.89. The van der Waals surface area contributed by atoms with Crippen LogP contribution in [-0.2, 0) is 6.54 Å². The molecule has 0 atom stereocenters. The van der Waals surface area contributed by atoms with Crippen molar-refractivity contribution in [1.82, 2.24) is 15.6 Å². The number of aromatic nitrogens is 1. The van der Waals surface area contributed by atoms with Gasteiger partial charge in [-0.3, -0.25) is 4.99 Å². The lowest BCUT2D eigenvalue weighted by Gasteiger charge is -2.14. The lowest BCUT2D eigenvalue weighted by atomic mass is 10.2. The van der Waals surface area contributed by atoms with E-state index in [1.165, 1.54) is 19.3 Å². The molecule has 0 aliphatic heterocycles. The van der Waals surface area contributed by atoms with Crippen molar-refractivity contribution < 1.29 is 14.2 Å². The summed E-state index contributed by atoms with van der Waals surface area (Å²) in [6.45, 7) is 3.76. The van der Waals surface area contributed by atoms with Gasteiger partial charge < -0.3 is 24.8 Å². The van der Waals surface area contributed by atoms with Gasteiger partial charge in [0.2, 0.25) is 11.6 Å². The molecule has 0 saturated carbocycles. The normalized spacial score (nSPS) is 11.1. The van der Waals surface area contributed by atoms with E-state index in [4.69, 9.17) is 14.2 Å². The number of aliphatic imine (C=N–C) groups is 1. The molecule has 0 bridgehead atoms. The lowest BCUT2D eigenvalue weighted by molar-refractivity contribution is 0.342. The van der Waals surface area contributed by atoms with Crippen molar-refractivity contribution in [3.05, 3.63) is 42.1 Å². The number of nitrogens with zero attached hydrogens (tertiary/aromatic N) is 2. The third kappa shape index (κ3) is 7.18. The number of unbranched alkanes of at least 4 members (excludes halogenated alkanes) is 3. The number of ether oxygens (including phenoxy) is 3. The summed E-state index contributed by atoms with van der Waals surface area (Å²) >= 11 is 0. The predicted molar refractivity (Wildman–Crippen MR) is 116 cm³/mol. The summed E-state index contributed by atoms with van der Waals surface area (Å²) in [5.74, 6) is 2.94. The Bertz CT molecular complexity index is 741. The molecule has 0 spiro atoms. The zero-order valence-corrected chi connectivity index (χ0v) is 17.8. The molecular weight excluding hydrogens is 368 g/mol. The van der Waals surface area contributed by atoms with Crippen LogP contribution in [0.1, 0.15) is 38.2 Å². The zero-order valence-electron chi connectivity index (χ0n) is 17.8. The highest BCUT2D eigenvalue weighted by atomic mass is 16.5. The average molecular weight is 401 g/mol. The highest BCUT2D eigenvalue weighted by molar-refractivity contribution is 5.79. The van der Waals surface area contributed by atoms with E-state index in [2.05, 4.69) is 27.5 Å². The third-order valence-electron chi connectivity index (χ3n) is 4.39. The highest BCUT2D eigenvalue weighted by Crippen LogP contribution is 2.39. The molecule has 0 fully saturated rings. The molecule has 158 valence electrons. The standard InChI is InChI=1S/C22H32N4O3/c1-5-6-7-8-14-24-22(23-2)26-16-17-12-13-20(25-15-17)29-21-18(27-3)10-9-11-19(21)28-4/h9-13,15H,5-8,14,16H2,1-4H3,(H2,23,24,26). The van der Waals surface area contributed by atoms with Gasteiger partial charge in [0.15, 0.2) is 17.5 Å². The predicted octanol–water partition coefficient (Wildman–Crippen LogP) is 4.14. The second-order valence-corrected chi connectivity index (χ2v) is 6.51. The van der Waals surface area contributed by atoms with Crippen molar-refractivity contribution >= 4 is 5.96 Å². The fourth-order valence-corrected chi connectivity index (χ4v) is 2.76. The number of benzene rings is 1. The molecule has 29 heavy (non-hydrogen) atoms. The molecule has 0 amide bonds. The molecule has 0 radical (unpaired) electrons.